The van der Waals surface area contributed by atoms with Crippen LogP contribution in [0.2, 0.25) is 0 Å². The zero-order chi connectivity index (χ0) is 14.4. The molecular formula is C15H20N2O2S. The molecule has 1 aromatic carbocycles. The van der Waals surface area contributed by atoms with Crippen LogP contribution in [0.1, 0.15) is 13.3 Å². The van der Waals surface area contributed by atoms with Gasteiger partial charge in [0.2, 0.25) is 0 Å². The van der Waals surface area contributed by atoms with Gasteiger partial charge in [-0.2, -0.15) is 0 Å². The molecule has 0 bridgehead atoms. The average Bonchev–Trinajstić information content (AvgIpc) is 2.49. The minimum atomic E-state index is -0.352. The van der Waals surface area contributed by atoms with Crippen LogP contribution in [-0.2, 0) is 9.59 Å². The summed E-state index contributed by atoms with van der Waals surface area (Å²) in [6, 6.07) is 10.2. The molecule has 108 valence electrons. The van der Waals surface area contributed by atoms with Gasteiger partial charge in [-0.25, -0.2) is 0 Å². The third kappa shape index (κ3) is 3.76. The Hall–Kier alpha value is -1.49. The van der Waals surface area contributed by atoms with Gasteiger partial charge >= 0.3 is 11.8 Å². The molecule has 4 nitrogen and oxygen atoms in total. The van der Waals surface area contributed by atoms with Crippen LogP contribution in [0.5, 0.6) is 0 Å². The number of benzene rings is 1. The molecule has 1 aliphatic heterocycles. The van der Waals surface area contributed by atoms with Gasteiger partial charge in [-0.1, -0.05) is 18.2 Å². The van der Waals surface area contributed by atoms with Crippen molar-refractivity contribution in [3.8, 4) is 0 Å². The van der Waals surface area contributed by atoms with E-state index in [0.717, 1.165) is 12.2 Å². The number of carbonyl (C=O) groups excluding carboxylic acids is 2. The summed E-state index contributed by atoms with van der Waals surface area (Å²) in [6.45, 7) is 4.50. The number of hydrogen-bond donors (Lipinski definition) is 0. The lowest BCUT2D eigenvalue weighted by molar-refractivity contribution is -0.155. The minimum absolute atomic E-state index is 0.345. The standard InChI is InChI=1S/C15H20N2O2S/c1-2-16-10-11-17(15(19)14(16)18)9-6-12-20-13-7-4-3-5-8-13/h3-5,7-8H,2,6,9-12H2,1H3. The van der Waals surface area contributed by atoms with Crippen molar-refractivity contribution in [2.24, 2.45) is 0 Å². The summed E-state index contributed by atoms with van der Waals surface area (Å²) in [5, 5.41) is 0. The molecule has 20 heavy (non-hydrogen) atoms. The van der Waals surface area contributed by atoms with Crippen LogP contribution in [0.25, 0.3) is 0 Å². The van der Waals surface area contributed by atoms with E-state index in [0.29, 0.717) is 26.2 Å². The molecule has 1 heterocycles. The first kappa shape index (κ1) is 14.9. The van der Waals surface area contributed by atoms with Crippen molar-refractivity contribution < 1.29 is 9.59 Å². The van der Waals surface area contributed by atoms with Crippen LogP contribution in [0.3, 0.4) is 0 Å². The van der Waals surface area contributed by atoms with Crippen molar-refractivity contribution in [1.29, 1.82) is 0 Å². The number of carbonyl (C=O) groups is 2. The van der Waals surface area contributed by atoms with Crippen LogP contribution in [0.4, 0.5) is 0 Å². The number of amides is 2. The zero-order valence-electron chi connectivity index (χ0n) is 11.7. The Bertz CT molecular complexity index is 464. The Kier molecular flexibility index (Phi) is 5.47. The van der Waals surface area contributed by atoms with Gasteiger partial charge in [0.15, 0.2) is 0 Å². The molecule has 0 aromatic heterocycles. The SMILES string of the molecule is CCN1CCN(CCCSc2ccccc2)C(=O)C1=O. The van der Waals surface area contributed by atoms with E-state index in [4.69, 9.17) is 0 Å². The summed E-state index contributed by atoms with van der Waals surface area (Å²) in [6.07, 6.45) is 0.907. The van der Waals surface area contributed by atoms with Gasteiger partial charge in [-0.3, -0.25) is 9.59 Å². The molecule has 1 saturated heterocycles. The Balaban J connectivity index is 1.72. The van der Waals surface area contributed by atoms with Gasteiger partial charge in [-0.15, -0.1) is 11.8 Å². The fourth-order valence-corrected chi connectivity index (χ4v) is 3.05. The summed E-state index contributed by atoms with van der Waals surface area (Å²) in [4.78, 5) is 28.2. The second kappa shape index (κ2) is 7.33. The number of thioether (sulfide) groups is 1. The Morgan fingerprint density at radius 3 is 2.40 bits per heavy atom. The quantitative estimate of drug-likeness (QED) is 0.456. The van der Waals surface area contributed by atoms with Crippen LogP contribution >= 0.6 is 11.8 Å². The zero-order valence-corrected chi connectivity index (χ0v) is 12.6. The molecule has 0 N–H and O–H groups in total. The topological polar surface area (TPSA) is 40.6 Å². The maximum absolute atomic E-state index is 11.9. The highest BCUT2D eigenvalue weighted by Crippen LogP contribution is 2.18. The molecule has 5 heteroatoms. The molecule has 0 aliphatic carbocycles. The average molecular weight is 292 g/mol. The summed E-state index contributed by atoms with van der Waals surface area (Å²) < 4.78 is 0. The lowest BCUT2D eigenvalue weighted by Gasteiger charge is -2.33. The molecule has 0 atom stereocenters. The molecule has 0 spiro atoms. The van der Waals surface area contributed by atoms with Crippen molar-refractivity contribution in [2.45, 2.75) is 18.2 Å². The van der Waals surface area contributed by atoms with Gasteiger partial charge < -0.3 is 9.80 Å². The number of rotatable bonds is 6. The fraction of sp³-hybridized carbons (Fsp3) is 0.467. The first-order chi connectivity index (χ1) is 9.72. The minimum Gasteiger partial charge on any atom is -0.333 e. The first-order valence-electron chi connectivity index (χ1n) is 6.98. The van der Waals surface area contributed by atoms with Gasteiger partial charge in [0.05, 0.1) is 0 Å². The van der Waals surface area contributed by atoms with Crippen LogP contribution in [0.15, 0.2) is 35.2 Å². The van der Waals surface area contributed by atoms with Crippen LogP contribution < -0.4 is 0 Å². The molecule has 2 rings (SSSR count). The molecular weight excluding hydrogens is 272 g/mol. The number of likely N-dealkylation sites (N-methyl/N-ethyl adjacent to an activating group) is 1. The van der Waals surface area contributed by atoms with Gasteiger partial charge in [0, 0.05) is 31.1 Å². The van der Waals surface area contributed by atoms with Crippen molar-refractivity contribution >= 4 is 23.6 Å². The maximum Gasteiger partial charge on any atom is 0.312 e. The van der Waals surface area contributed by atoms with Gasteiger partial charge in [0.25, 0.3) is 0 Å². The number of piperazine rings is 1. The Morgan fingerprint density at radius 2 is 1.70 bits per heavy atom. The highest BCUT2D eigenvalue weighted by molar-refractivity contribution is 7.99. The van der Waals surface area contributed by atoms with E-state index in [1.165, 1.54) is 4.90 Å². The van der Waals surface area contributed by atoms with Crippen molar-refractivity contribution in [1.82, 2.24) is 9.80 Å². The molecule has 0 saturated carbocycles. The Labute approximate surface area is 124 Å². The molecule has 0 unspecified atom stereocenters. The third-order valence-electron chi connectivity index (χ3n) is 3.36. The van der Waals surface area contributed by atoms with Crippen molar-refractivity contribution in [3.63, 3.8) is 0 Å². The maximum atomic E-state index is 11.9. The Morgan fingerprint density at radius 1 is 1.05 bits per heavy atom. The van der Waals surface area contributed by atoms with Crippen LogP contribution in [0, 0.1) is 0 Å². The summed E-state index contributed by atoms with van der Waals surface area (Å²) in [7, 11) is 0. The van der Waals surface area contributed by atoms with E-state index in [1.807, 2.05) is 25.1 Å². The summed E-state index contributed by atoms with van der Waals surface area (Å²) in [5.74, 6) is 0.261. The summed E-state index contributed by atoms with van der Waals surface area (Å²) in [5.41, 5.74) is 0. The lowest BCUT2D eigenvalue weighted by Crippen LogP contribution is -2.54. The van der Waals surface area contributed by atoms with Crippen LogP contribution in [-0.4, -0.2) is 53.5 Å². The second-order valence-corrected chi connectivity index (χ2v) is 5.86. The monoisotopic (exact) mass is 292 g/mol. The molecule has 2 amide bonds. The highest BCUT2D eigenvalue weighted by Gasteiger charge is 2.30. The lowest BCUT2D eigenvalue weighted by atomic mass is 10.2. The number of nitrogens with zero attached hydrogens (tertiary/aromatic N) is 2. The normalized spacial score (nSPS) is 15.8. The van der Waals surface area contributed by atoms with E-state index >= 15 is 0 Å². The first-order valence-corrected chi connectivity index (χ1v) is 7.97. The number of hydrogen-bond acceptors (Lipinski definition) is 3. The second-order valence-electron chi connectivity index (χ2n) is 4.69. The van der Waals surface area contributed by atoms with E-state index in [1.54, 1.807) is 21.6 Å². The van der Waals surface area contributed by atoms with E-state index in [2.05, 4.69) is 12.1 Å². The third-order valence-corrected chi connectivity index (χ3v) is 4.46. The predicted octanol–water partition coefficient (Wildman–Crippen LogP) is 1.86. The van der Waals surface area contributed by atoms with Gasteiger partial charge in [0.1, 0.15) is 0 Å². The van der Waals surface area contributed by atoms with Crippen molar-refractivity contribution in [3.05, 3.63) is 30.3 Å². The highest BCUT2D eigenvalue weighted by atomic mass is 32.2. The smallest absolute Gasteiger partial charge is 0.312 e. The molecule has 1 aromatic rings. The largest absolute Gasteiger partial charge is 0.333 e. The van der Waals surface area contributed by atoms with E-state index < -0.39 is 0 Å². The summed E-state index contributed by atoms with van der Waals surface area (Å²) >= 11 is 1.78. The van der Waals surface area contributed by atoms with E-state index in [-0.39, 0.29) is 11.8 Å². The predicted molar refractivity (Wildman–Crippen MR) is 80.6 cm³/mol. The fourth-order valence-electron chi connectivity index (χ4n) is 2.19. The van der Waals surface area contributed by atoms with Crippen molar-refractivity contribution in [2.75, 3.05) is 31.9 Å². The molecule has 1 fully saturated rings. The molecule has 1 aliphatic rings. The van der Waals surface area contributed by atoms with E-state index in [9.17, 15) is 9.59 Å². The molecule has 0 radical (unpaired) electrons. The van der Waals surface area contributed by atoms with Gasteiger partial charge in [-0.05, 0) is 31.2 Å².